The molecule has 1 aliphatic rings. The Balaban J connectivity index is 1.73. The van der Waals surface area contributed by atoms with E-state index in [1.54, 1.807) is 0 Å². The van der Waals surface area contributed by atoms with Gasteiger partial charge in [-0.15, -0.1) is 0 Å². The van der Waals surface area contributed by atoms with E-state index >= 15 is 0 Å². The van der Waals surface area contributed by atoms with Gasteiger partial charge in [0.05, 0.1) is 5.69 Å². The van der Waals surface area contributed by atoms with Crippen LogP contribution in [0.15, 0.2) is 36.5 Å². The molecule has 2 nitrogen and oxygen atoms in total. The topological polar surface area (TPSA) is 17.8 Å². The van der Waals surface area contributed by atoms with E-state index in [2.05, 4.69) is 71.0 Å². The lowest BCUT2D eigenvalue weighted by atomic mass is 9.81. The number of aryl methyl sites for hydroxylation is 1. The van der Waals surface area contributed by atoms with E-state index in [-0.39, 0.29) is 0 Å². The van der Waals surface area contributed by atoms with Crippen LogP contribution in [-0.2, 0) is 12.8 Å². The molecule has 0 amide bonds. The summed E-state index contributed by atoms with van der Waals surface area (Å²) in [6.07, 6.45) is 6.74. The summed E-state index contributed by atoms with van der Waals surface area (Å²) in [5.41, 5.74) is 4.19. The molecule has 112 valence electrons. The second-order valence-corrected chi connectivity index (χ2v) is 7.13. The van der Waals surface area contributed by atoms with Crippen molar-refractivity contribution in [3.63, 3.8) is 0 Å². The Morgan fingerprint density at radius 1 is 1.33 bits per heavy atom. The average Bonchev–Trinajstić information content (AvgIpc) is 2.98. The van der Waals surface area contributed by atoms with Gasteiger partial charge in [0.1, 0.15) is 0 Å². The van der Waals surface area contributed by atoms with E-state index in [1.807, 2.05) is 0 Å². The number of hydrogen-bond donors (Lipinski definition) is 0. The molecule has 0 fully saturated rings. The van der Waals surface area contributed by atoms with Crippen LogP contribution in [0.25, 0.3) is 0 Å². The third kappa shape index (κ3) is 3.08. The summed E-state index contributed by atoms with van der Waals surface area (Å²) in [5.74, 6) is 0.639. The first-order valence-corrected chi connectivity index (χ1v) is 8.86. The standard InChI is InChI=1S/C18H23BrN2/c1-3-13(2)21-11-10-16(20-21)12-15-9-8-14-6-4-5-7-17(14)18(15)19/h4-7,10-11,13,15,18H,3,8-9,12H2,1-2H3. The molecular formula is C18H23BrN2. The largest absolute Gasteiger partial charge is 0.270 e. The van der Waals surface area contributed by atoms with Crippen molar-refractivity contribution in [2.45, 2.75) is 50.4 Å². The van der Waals surface area contributed by atoms with Gasteiger partial charge in [-0.25, -0.2) is 0 Å². The normalized spacial score (nSPS) is 22.8. The van der Waals surface area contributed by atoms with Gasteiger partial charge in [0.2, 0.25) is 0 Å². The zero-order valence-electron chi connectivity index (χ0n) is 12.8. The summed E-state index contributed by atoms with van der Waals surface area (Å²) < 4.78 is 2.11. The molecule has 3 heteroatoms. The Hall–Kier alpha value is -1.09. The second-order valence-electron chi connectivity index (χ2n) is 6.15. The van der Waals surface area contributed by atoms with Crippen LogP contribution in [0.2, 0.25) is 0 Å². The lowest BCUT2D eigenvalue weighted by molar-refractivity contribution is 0.434. The smallest absolute Gasteiger partial charge is 0.0628 e. The van der Waals surface area contributed by atoms with E-state index in [9.17, 15) is 0 Å². The molecule has 1 heterocycles. The highest BCUT2D eigenvalue weighted by Gasteiger charge is 2.27. The number of alkyl halides is 1. The zero-order chi connectivity index (χ0) is 14.8. The third-order valence-corrected chi connectivity index (χ3v) is 5.97. The molecule has 0 spiro atoms. The van der Waals surface area contributed by atoms with Crippen molar-refractivity contribution < 1.29 is 0 Å². The predicted molar refractivity (Wildman–Crippen MR) is 90.9 cm³/mol. The molecule has 0 bridgehead atoms. The van der Waals surface area contributed by atoms with Crippen LogP contribution in [0, 0.1) is 5.92 Å². The van der Waals surface area contributed by atoms with Crippen LogP contribution in [0.1, 0.15) is 54.4 Å². The number of benzene rings is 1. The Bertz CT molecular complexity index is 605. The number of aromatic nitrogens is 2. The van der Waals surface area contributed by atoms with Crippen molar-refractivity contribution >= 4 is 15.9 Å². The van der Waals surface area contributed by atoms with Crippen LogP contribution in [0.4, 0.5) is 0 Å². The molecule has 2 aromatic rings. The van der Waals surface area contributed by atoms with Crippen LogP contribution in [0.3, 0.4) is 0 Å². The maximum absolute atomic E-state index is 4.76. The summed E-state index contributed by atoms with van der Waals surface area (Å²) >= 11 is 3.93. The molecular weight excluding hydrogens is 324 g/mol. The number of nitrogens with zero attached hydrogens (tertiary/aromatic N) is 2. The van der Waals surface area contributed by atoms with Crippen molar-refractivity contribution in [2.75, 3.05) is 0 Å². The highest BCUT2D eigenvalue weighted by Crippen LogP contribution is 2.41. The third-order valence-electron chi connectivity index (χ3n) is 4.73. The SMILES string of the molecule is CCC(C)n1ccc(CC2CCc3ccccc3C2Br)n1. The van der Waals surface area contributed by atoms with Crippen molar-refractivity contribution in [1.29, 1.82) is 0 Å². The first kappa shape index (κ1) is 14.8. The van der Waals surface area contributed by atoms with E-state index in [0.717, 1.165) is 12.8 Å². The van der Waals surface area contributed by atoms with E-state index in [4.69, 9.17) is 5.10 Å². The van der Waals surface area contributed by atoms with E-state index in [1.165, 1.54) is 29.7 Å². The molecule has 1 aliphatic carbocycles. The number of fused-ring (bicyclic) bond motifs is 1. The summed E-state index contributed by atoms with van der Waals surface area (Å²) in [6, 6.07) is 11.5. The van der Waals surface area contributed by atoms with Crippen molar-refractivity contribution in [2.24, 2.45) is 5.92 Å². The van der Waals surface area contributed by atoms with Gasteiger partial charge in [-0.3, -0.25) is 4.68 Å². The van der Waals surface area contributed by atoms with Gasteiger partial charge in [0.25, 0.3) is 0 Å². The zero-order valence-corrected chi connectivity index (χ0v) is 14.4. The van der Waals surface area contributed by atoms with Crippen molar-refractivity contribution in [3.8, 4) is 0 Å². The Labute approximate surface area is 135 Å². The fraction of sp³-hybridized carbons (Fsp3) is 0.500. The lowest BCUT2D eigenvalue weighted by Crippen LogP contribution is -2.19. The molecule has 1 aromatic carbocycles. The molecule has 3 unspecified atom stereocenters. The quantitative estimate of drug-likeness (QED) is 0.704. The Morgan fingerprint density at radius 2 is 2.14 bits per heavy atom. The molecule has 3 rings (SSSR count). The van der Waals surface area contributed by atoms with Crippen molar-refractivity contribution in [3.05, 3.63) is 53.3 Å². The molecule has 0 saturated carbocycles. The van der Waals surface area contributed by atoms with Gasteiger partial charge in [0.15, 0.2) is 0 Å². The lowest BCUT2D eigenvalue weighted by Gasteiger charge is -2.29. The van der Waals surface area contributed by atoms with Crippen LogP contribution in [-0.4, -0.2) is 9.78 Å². The highest BCUT2D eigenvalue weighted by molar-refractivity contribution is 9.09. The van der Waals surface area contributed by atoms with Crippen LogP contribution >= 0.6 is 15.9 Å². The minimum absolute atomic E-state index is 0.455. The molecule has 1 aromatic heterocycles. The molecule has 0 N–H and O–H groups in total. The Morgan fingerprint density at radius 3 is 2.95 bits per heavy atom. The second kappa shape index (κ2) is 6.35. The summed E-state index contributed by atoms with van der Waals surface area (Å²) in [5, 5.41) is 4.76. The molecule has 21 heavy (non-hydrogen) atoms. The summed E-state index contributed by atoms with van der Waals surface area (Å²) in [6.45, 7) is 4.43. The summed E-state index contributed by atoms with van der Waals surface area (Å²) in [7, 11) is 0. The summed E-state index contributed by atoms with van der Waals surface area (Å²) in [4.78, 5) is 0.455. The first-order valence-electron chi connectivity index (χ1n) is 7.95. The Kier molecular flexibility index (Phi) is 4.48. The maximum Gasteiger partial charge on any atom is 0.0628 e. The van der Waals surface area contributed by atoms with Gasteiger partial charge < -0.3 is 0 Å². The molecule has 0 radical (unpaired) electrons. The predicted octanol–water partition coefficient (Wildman–Crippen LogP) is 5.10. The van der Waals surface area contributed by atoms with Crippen LogP contribution < -0.4 is 0 Å². The minimum atomic E-state index is 0.455. The van der Waals surface area contributed by atoms with Crippen LogP contribution in [0.5, 0.6) is 0 Å². The molecule has 0 aliphatic heterocycles. The molecule has 3 atom stereocenters. The molecule has 0 saturated heterocycles. The van der Waals surface area contributed by atoms with Crippen molar-refractivity contribution in [1.82, 2.24) is 9.78 Å². The number of hydrogen-bond acceptors (Lipinski definition) is 1. The first-order chi connectivity index (χ1) is 10.2. The monoisotopic (exact) mass is 346 g/mol. The fourth-order valence-electron chi connectivity index (χ4n) is 3.17. The maximum atomic E-state index is 4.76. The average molecular weight is 347 g/mol. The number of rotatable bonds is 4. The highest BCUT2D eigenvalue weighted by atomic mass is 79.9. The van der Waals surface area contributed by atoms with Gasteiger partial charge >= 0.3 is 0 Å². The number of halogens is 1. The van der Waals surface area contributed by atoms with E-state index in [0.29, 0.717) is 16.8 Å². The minimum Gasteiger partial charge on any atom is -0.270 e. The van der Waals surface area contributed by atoms with E-state index < -0.39 is 0 Å². The van der Waals surface area contributed by atoms with Gasteiger partial charge in [0, 0.05) is 17.1 Å². The van der Waals surface area contributed by atoms with Gasteiger partial charge in [-0.2, -0.15) is 5.10 Å². The van der Waals surface area contributed by atoms with Gasteiger partial charge in [-0.05, 0) is 55.7 Å². The fourth-order valence-corrected chi connectivity index (χ4v) is 4.06. The van der Waals surface area contributed by atoms with Gasteiger partial charge in [-0.1, -0.05) is 47.1 Å².